The minimum Gasteiger partial charge on any atom is -0.444 e. The minimum absolute atomic E-state index is 0.263. The van der Waals surface area contributed by atoms with Gasteiger partial charge in [0.2, 0.25) is 11.8 Å². The van der Waals surface area contributed by atoms with Gasteiger partial charge in [0.05, 0.1) is 5.92 Å². The van der Waals surface area contributed by atoms with Gasteiger partial charge in [0.15, 0.2) is 0 Å². The fourth-order valence-electron chi connectivity index (χ4n) is 3.28. The van der Waals surface area contributed by atoms with E-state index in [0.29, 0.717) is 18.7 Å². The number of ether oxygens (including phenoxy) is 1. The third-order valence-electron chi connectivity index (χ3n) is 4.63. The van der Waals surface area contributed by atoms with E-state index in [4.69, 9.17) is 4.74 Å². The number of likely N-dealkylation sites (N-methyl/N-ethyl adjacent to an activating group) is 1. The van der Waals surface area contributed by atoms with Crippen molar-refractivity contribution in [3.8, 4) is 0 Å². The number of carbonyl (C=O) groups excluding carboxylic acids is 3. The van der Waals surface area contributed by atoms with Crippen molar-refractivity contribution < 1.29 is 19.1 Å². The quantitative estimate of drug-likeness (QED) is 0.721. The number of benzene rings is 1. The molecule has 1 aromatic rings. The summed E-state index contributed by atoms with van der Waals surface area (Å²) in [5, 5.41) is 2.69. The van der Waals surface area contributed by atoms with E-state index < -0.39 is 23.7 Å². The number of rotatable bonds is 5. The predicted octanol–water partition coefficient (Wildman–Crippen LogP) is 3.14. The molecule has 8 heteroatoms. The summed E-state index contributed by atoms with van der Waals surface area (Å²) in [6.45, 7) is 6.49. The smallest absolute Gasteiger partial charge is 0.408 e. The Labute approximate surface area is 180 Å². The van der Waals surface area contributed by atoms with Crippen molar-refractivity contribution in [2.45, 2.75) is 51.2 Å². The van der Waals surface area contributed by atoms with Crippen LogP contribution < -0.4 is 5.32 Å². The van der Waals surface area contributed by atoms with Gasteiger partial charge in [-0.05, 0) is 51.3 Å². The molecule has 0 radical (unpaired) electrons. The molecule has 29 heavy (non-hydrogen) atoms. The van der Waals surface area contributed by atoms with Crippen LogP contribution in [0, 0.1) is 0 Å². The molecule has 2 rings (SSSR count). The third kappa shape index (κ3) is 6.45. The SMILES string of the molecule is CN(C)C(=O)[C@@H](c1ccc(Br)cc1)[C@H](NC(=O)OC(C)(C)C)C(=O)N1CCCC1. The number of likely N-dealkylation sites (tertiary alicyclic amines) is 1. The molecule has 1 saturated heterocycles. The molecule has 160 valence electrons. The van der Waals surface area contributed by atoms with Crippen LogP contribution in [-0.4, -0.2) is 66.5 Å². The molecular formula is C21H30BrN3O4. The first-order valence-corrected chi connectivity index (χ1v) is 10.5. The van der Waals surface area contributed by atoms with Gasteiger partial charge >= 0.3 is 6.09 Å². The molecular weight excluding hydrogens is 438 g/mol. The summed E-state index contributed by atoms with van der Waals surface area (Å²) in [6.07, 6.45) is 1.11. The second-order valence-electron chi connectivity index (χ2n) is 8.42. The van der Waals surface area contributed by atoms with Gasteiger partial charge in [-0.25, -0.2) is 4.79 Å². The first-order chi connectivity index (χ1) is 13.5. The zero-order chi connectivity index (χ0) is 21.8. The van der Waals surface area contributed by atoms with Gasteiger partial charge < -0.3 is 19.9 Å². The number of alkyl carbamates (subject to hydrolysis) is 1. The molecule has 0 unspecified atom stereocenters. The van der Waals surface area contributed by atoms with Crippen LogP contribution in [0.15, 0.2) is 28.7 Å². The Balaban J connectivity index is 2.44. The van der Waals surface area contributed by atoms with E-state index in [0.717, 1.165) is 17.3 Å². The topological polar surface area (TPSA) is 79.0 Å². The Morgan fingerprint density at radius 1 is 1.10 bits per heavy atom. The fourth-order valence-corrected chi connectivity index (χ4v) is 3.55. The van der Waals surface area contributed by atoms with Crippen LogP contribution in [0.1, 0.15) is 45.1 Å². The lowest BCUT2D eigenvalue weighted by molar-refractivity contribution is -0.139. The molecule has 1 aromatic carbocycles. The van der Waals surface area contributed by atoms with E-state index in [-0.39, 0.29) is 11.8 Å². The van der Waals surface area contributed by atoms with E-state index in [1.54, 1.807) is 51.9 Å². The lowest BCUT2D eigenvalue weighted by Gasteiger charge is -2.32. The minimum atomic E-state index is -1.06. The van der Waals surface area contributed by atoms with Crippen molar-refractivity contribution in [2.75, 3.05) is 27.2 Å². The second kappa shape index (κ2) is 9.61. The third-order valence-corrected chi connectivity index (χ3v) is 5.15. The summed E-state index contributed by atoms with van der Waals surface area (Å²) < 4.78 is 6.23. The predicted molar refractivity (Wildman–Crippen MR) is 115 cm³/mol. The van der Waals surface area contributed by atoms with Gasteiger partial charge in [0.1, 0.15) is 11.6 Å². The zero-order valence-corrected chi connectivity index (χ0v) is 19.3. The van der Waals surface area contributed by atoms with Crippen LogP contribution in [0.3, 0.4) is 0 Å². The maximum Gasteiger partial charge on any atom is 0.408 e. The van der Waals surface area contributed by atoms with Gasteiger partial charge in [-0.1, -0.05) is 28.1 Å². The van der Waals surface area contributed by atoms with Crippen molar-refractivity contribution in [3.63, 3.8) is 0 Å². The maximum absolute atomic E-state index is 13.3. The van der Waals surface area contributed by atoms with Gasteiger partial charge in [0, 0.05) is 31.7 Å². The van der Waals surface area contributed by atoms with E-state index in [9.17, 15) is 14.4 Å². The molecule has 0 saturated carbocycles. The highest BCUT2D eigenvalue weighted by molar-refractivity contribution is 9.10. The number of hydrogen-bond acceptors (Lipinski definition) is 4. The summed E-state index contributed by atoms with van der Waals surface area (Å²) in [5.41, 5.74) is -0.0650. The summed E-state index contributed by atoms with van der Waals surface area (Å²) >= 11 is 3.39. The van der Waals surface area contributed by atoms with Crippen molar-refractivity contribution in [1.29, 1.82) is 0 Å². The summed E-state index contributed by atoms with van der Waals surface area (Å²) in [7, 11) is 3.28. The Morgan fingerprint density at radius 2 is 1.66 bits per heavy atom. The van der Waals surface area contributed by atoms with Crippen LogP contribution in [-0.2, 0) is 14.3 Å². The van der Waals surface area contributed by atoms with Crippen molar-refractivity contribution in [3.05, 3.63) is 34.3 Å². The van der Waals surface area contributed by atoms with Crippen molar-refractivity contribution in [2.24, 2.45) is 0 Å². The molecule has 1 fully saturated rings. The molecule has 7 nitrogen and oxygen atoms in total. The molecule has 1 aliphatic heterocycles. The number of amides is 3. The van der Waals surface area contributed by atoms with E-state index in [1.165, 1.54) is 4.90 Å². The average molecular weight is 468 g/mol. The van der Waals surface area contributed by atoms with Crippen LogP contribution in [0.4, 0.5) is 4.79 Å². The Kier molecular flexibility index (Phi) is 7.68. The van der Waals surface area contributed by atoms with Crippen LogP contribution in [0.25, 0.3) is 0 Å². The highest BCUT2D eigenvalue weighted by atomic mass is 79.9. The van der Waals surface area contributed by atoms with Crippen molar-refractivity contribution in [1.82, 2.24) is 15.1 Å². The Morgan fingerprint density at radius 3 is 2.14 bits per heavy atom. The highest BCUT2D eigenvalue weighted by Gasteiger charge is 2.40. The number of nitrogens with zero attached hydrogens (tertiary/aromatic N) is 2. The molecule has 1 aliphatic rings. The second-order valence-corrected chi connectivity index (χ2v) is 9.33. The molecule has 2 atom stereocenters. The molecule has 1 heterocycles. The number of nitrogens with one attached hydrogen (secondary N) is 1. The first-order valence-electron chi connectivity index (χ1n) is 9.74. The molecule has 0 aromatic heterocycles. The monoisotopic (exact) mass is 467 g/mol. The van der Waals surface area contributed by atoms with E-state index >= 15 is 0 Å². The van der Waals surface area contributed by atoms with E-state index in [1.807, 2.05) is 12.1 Å². The molecule has 0 spiro atoms. The number of hydrogen-bond donors (Lipinski definition) is 1. The van der Waals surface area contributed by atoms with E-state index in [2.05, 4.69) is 21.2 Å². The first kappa shape index (κ1) is 23.2. The summed E-state index contributed by atoms with van der Waals surface area (Å²) in [4.78, 5) is 42.1. The highest BCUT2D eigenvalue weighted by Crippen LogP contribution is 2.26. The largest absolute Gasteiger partial charge is 0.444 e. The molecule has 3 amide bonds. The lowest BCUT2D eigenvalue weighted by atomic mass is 9.89. The summed E-state index contributed by atoms with van der Waals surface area (Å²) in [6, 6.07) is 6.15. The average Bonchev–Trinajstić information content (AvgIpc) is 3.15. The van der Waals surface area contributed by atoms with Gasteiger partial charge in [0.25, 0.3) is 0 Å². The molecule has 0 bridgehead atoms. The normalized spacial score (nSPS) is 16.1. The zero-order valence-electron chi connectivity index (χ0n) is 17.7. The standard InChI is InChI=1S/C21H30BrN3O4/c1-21(2,3)29-20(28)23-17(19(27)25-12-6-7-13-25)16(18(26)24(4)5)14-8-10-15(22)11-9-14/h8-11,16-17H,6-7,12-13H2,1-5H3,(H,23,28)/t16-,17-/m0/s1. The fraction of sp³-hybridized carbons (Fsp3) is 0.571. The van der Waals surface area contributed by atoms with Gasteiger partial charge in [-0.3, -0.25) is 9.59 Å². The lowest BCUT2D eigenvalue weighted by Crippen LogP contribution is -2.54. The van der Waals surface area contributed by atoms with Gasteiger partial charge in [-0.15, -0.1) is 0 Å². The number of halogens is 1. The Hall–Kier alpha value is -2.09. The van der Waals surface area contributed by atoms with Crippen LogP contribution >= 0.6 is 15.9 Å². The maximum atomic E-state index is 13.3. The van der Waals surface area contributed by atoms with Crippen LogP contribution in [0.2, 0.25) is 0 Å². The Bertz CT molecular complexity index is 737. The van der Waals surface area contributed by atoms with Crippen molar-refractivity contribution >= 4 is 33.8 Å². The molecule has 1 N–H and O–H groups in total. The number of carbonyl (C=O) groups is 3. The van der Waals surface area contributed by atoms with Gasteiger partial charge in [-0.2, -0.15) is 0 Å². The molecule has 0 aliphatic carbocycles. The summed E-state index contributed by atoms with van der Waals surface area (Å²) in [5.74, 6) is -1.39. The van der Waals surface area contributed by atoms with Crippen LogP contribution in [0.5, 0.6) is 0 Å².